The molecule has 1 atom stereocenters. The maximum absolute atomic E-state index is 5.21. The van der Waals surface area contributed by atoms with E-state index in [2.05, 4.69) is 34.4 Å². The summed E-state index contributed by atoms with van der Waals surface area (Å²) in [6.07, 6.45) is 3.46. The average molecular weight is 214 g/mol. The summed E-state index contributed by atoms with van der Waals surface area (Å²) in [5, 5.41) is 0. The Morgan fingerprint density at radius 3 is 3.15 bits per heavy atom. The van der Waals surface area contributed by atoms with E-state index in [9.17, 15) is 0 Å². The minimum Gasteiger partial charge on any atom is -0.335 e. The van der Waals surface area contributed by atoms with Gasteiger partial charge in [-0.15, -0.1) is 0 Å². The van der Waals surface area contributed by atoms with Gasteiger partial charge in [0.1, 0.15) is 0 Å². The molecule has 0 spiro atoms. The Hall–Kier alpha value is -0.220. The van der Waals surface area contributed by atoms with Crippen LogP contribution in [-0.4, -0.2) is 21.1 Å². The van der Waals surface area contributed by atoms with Gasteiger partial charge in [0.05, 0.1) is 0 Å². The number of aromatic amines is 1. The third-order valence-electron chi connectivity index (χ3n) is 2.39. The molecule has 2 nitrogen and oxygen atoms in total. The summed E-state index contributed by atoms with van der Waals surface area (Å²) in [5.41, 5.74) is 1.16. The van der Waals surface area contributed by atoms with Gasteiger partial charge in [-0.05, 0) is 43.0 Å². The molecule has 72 valence electrons. The first-order valence-electron chi connectivity index (χ1n) is 4.59. The SMILES string of the molecule is Cc1cn(CC2CCSC2)c(=S)[nH]1. The van der Waals surface area contributed by atoms with E-state index < -0.39 is 0 Å². The summed E-state index contributed by atoms with van der Waals surface area (Å²) in [5.74, 6) is 3.44. The molecule has 1 aromatic heterocycles. The summed E-state index contributed by atoms with van der Waals surface area (Å²) >= 11 is 7.26. The third kappa shape index (κ3) is 2.17. The second-order valence-corrected chi connectivity index (χ2v) is 5.16. The van der Waals surface area contributed by atoms with E-state index in [-0.39, 0.29) is 0 Å². The largest absolute Gasteiger partial charge is 0.335 e. The predicted octanol–water partition coefficient (Wildman–Crippen LogP) is 2.61. The molecular formula is C9H14N2S2. The van der Waals surface area contributed by atoms with E-state index >= 15 is 0 Å². The zero-order valence-electron chi connectivity index (χ0n) is 7.75. The first-order chi connectivity index (χ1) is 6.25. The fraction of sp³-hybridized carbons (Fsp3) is 0.667. The quantitative estimate of drug-likeness (QED) is 0.764. The molecule has 1 unspecified atom stereocenters. The lowest BCUT2D eigenvalue weighted by atomic mass is 10.1. The van der Waals surface area contributed by atoms with Crippen molar-refractivity contribution in [2.24, 2.45) is 5.92 Å². The Labute approximate surface area is 87.7 Å². The summed E-state index contributed by atoms with van der Waals surface area (Å²) in [6.45, 7) is 3.14. The average Bonchev–Trinajstić information content (AvgIpc) is 2.63. The van der Waals surface area contributed by atoms with Gasteiger partial charge in [-0.1, -0.05) is 0 Å². The van der Waals surface area contributed by atoms with Crippen LogP contribution in [0.15, 0.2) is 6.20 Å². The van der Waals surface area contributed by atoms with Gasteiger partial charge >= 0.3 is 0 Å². The lowest BCUT2D eigenvalue weighted by Crippen LogP contribution is -2.08. The van der Waals surface area contributed by atoms with E-state index in [0.717, 1.165) is 22.9 Å². The molecular weight excluding hydrogens is 200 g/mol. The minimum absolute atomic E-state index is 0.826. The van der Waals surface area contributed by atoms with Crippen molar-refractivity contribution in [2.45, 2.75) is 19.9 Å². The van der Waals surface area contributed by atoms with Crippen LogP contribution in [0.5, 0.6) is 0 Å². The van der Waals surface area contributed by atoms with Crippen molar-refractivity contribution in [3.05, 3.63) is 16.7 Å². The minimum atomic E-state index is 0.826. The van der Waals surface area contributed by atoms with Gasteiger partial charge in [-0.3, -0.25) is 0 Å². The van der Waals surface area contributed by atoms with Crippen molar-refractivity contribution >= 4 is 24.0 Å². The van der Waals surface area contributed by atoms with Gasteiger partial charge in [0.25, 0.3) is 0 Å². The topological polar surface area (TPSA) is 20.7 Å². The highest BCUT2D eigenvalue weighted by Gasteiger charge is 2.16. The van der Waals surface area contributed by atoms with Crippen LogP contribution in [0, 0.1) is 17.6 Å². The van der Waals surface area contributed by atoms with Crippen LogP contribution in [0.3, 0.4) is 0 Å². The van der Waals surface area contributed by atoms with Gasteiger partial charge in [-0.25, -0.2) is 0 Å². The van der Waals surface area contributed by atoms with Crippen LogP contribution < -0.4 is 0 Å². The molecule has 2 heterocycles. The number of rotatable bonds is 2. The zero-order valence-corrected chi connectivity index (χ0v) is 9.38. The van der Waals surface area contributed by atoms with Crippen LogP contribution in [0.25, 0.3) is 0 Å². The summed E-state index contributed by atoms with van der Waals surface area (Å²) in [7, 11) is 0. The van der Waals surface area contributed by atoms with Crippen molar-refractivity contribution in [1.29, 1.82) is 0 Å². The number of thioether (sulfide) groups is 1. The summed E-state index contributed by atoms with van der Waals surface area (Å²) in [6, 6.07) is 0. The Kier molecular flexibility index (Phi) is 2.79. The molecule has 0 radical (unpaired) electrons. The van der Waals surface area contributed by atoms with Crippen LogP contribution in [0.4, 0.5) is 0 Å². The zero-order chi connectivity index (χ0) is 9.26. The molecule has 1 fully saturated rings. The number of aryl methyl sites for hydroxylation is 1. The monoisotopic (exact) mass is 214 g/mol. The molecule has 1 N–H and O–H groups in total. The second kappa shape index (κ2) is 3.88. The molecule has 0 saturated carbocycles. The standard InChI is InChI=1S/C9H14N2S2/c1-7-4-11(9(12)10-7)5-8-2-3-13-6-8/h4,8H,2-3,5-6H2,1H3,(H,10,12). The highest BCUT2D eigenvalue weighted by atomic mass is 32.2. The lowest BCUT2D eigenvalue weighted by Gasteiger charge is -2.07. The number of nitrogens with one attached hydrogen (secondary N) is 1. The number of H-pyrrole nitrogens is 1. The highest BCUT2D eigenvalue weighted by molar-refractivity contribution is 7.99. The molecule has 13 heavy (non-hydrogen) atoms. The molecule has 1 aliphatic heterocycles. The number of hydrogen-bond acceptors (Lipinski definition) is 2. The van der Waals surface area contributed by atoms with Crippen molar-refractivity contribution < 1.29 is 0 Å². The Morgan fingerprint density at radius 2 is 2.62 bits per heavy atom. The fourth-order valence-corrected chi connectivity index (χ4v) is 3.27. The van der Waals surface area contributed by atoms with Gasteiger partial charge in [-0.2, -0.15) is 11.8 Å². The predicted molar refractivity (Wildman–Crippen MR) is 59.8 cm³/mol. The molecule has 0 bridgehead atoms. The van der Waals surface area contributed by atoms with Crippen molar-refractivity contribution in [3.8, 4) is 0 Å². The van der Waals surface area contributed by atoms with Crippen LogP contribution in [-0.2, 0) is 6.54 Å². The molecule has 0 aliphatic carbocycles. The van der Waals surface area contributed by atoms with Crippen LogP contribution in [0.2, 0.25) is 0 Å². The van der Waals surface area contributed by atoms with Crippen molar-refractivity contribution in [3.63, 3.8) is 0 Å². The number of imidazole rings is 1. The molecule has 1 saturated heterocycles. The van der Waals surface area contributed by atoms with Crippen molar-refractivity contribution in [2.75, 3.05) is 11.5 Å². The van der Waals surface area contributed by atoms with E-state index in [1.165, 1.54) is 17.9 Å². The number of nitrogens with zero attached hydrogens (tertiary/aromatic N) is 1. The van der Waals surface area contributed by atoms with E-state index in [1.807, 2.05) is 0 Å². The second-order valence-electron chi connectivity index (χ2n) is 3.62. The normalized spacial score (nSPS) is 22.4. The third-order valence-corrected chi connectivity index (χ3v) is 3.96. The van der Waals surface area contributed by atoms with E-state index in [1.54, 1.807) is 0 Å². The number of hydrogen-bond donors (Lipinski definition) is 1. The molecule has 4 heteroatoms. The van der Waals surface area contributed by atoms with Crippen LogP contribution >= 0.6 is 24.0 Å². The fourth-order valence-electron chi connectivity index (χ4n) is 1.71. The Bertz CT molecular complexity index is 334. The van der Waals surface area contributed by atoms with E-state index in [4.69, 9.17) is 12.2 Å². The molecule has 1 aromatic rings. The number of aromatic nitrogens is 2. The van der Waals surface area contributed by atoms with E-state index in [0.29, 0.717) is 0 Å². The van der Waals surface area contributed by atoms with Crippen LogP contribution in [0.1, 0.15) is 12.1 Å². The highest BCUT2D eigenvalue weighted by Crippen LogP contribution is 2.24. The first-order valence-corrected chi connectivity index (χ1v) is 6.16. The van der Waals surface area contributed by atoms with Gasteiger partial charge in [0.15, 0.2) is 4.77 Å². The summed E-state index contributed by atoms with van der Waals surface area (Å²) < 4.78 is 3.04. The molecule has 1 aliphatic rings. The Balaban J connectivity index is 2.08. The summed E-state index contributed by atoms with van der Waals surface area (Å²) in [4.78, 5) is 3.15. The maximum atomic E-state index is 5.21. The van der Waals surface area contributed by atoms with Gasteiger partial charge < -0.3 is 9.55 Å². The maximum Gasteiger partial charge on any atom is 0.177 e. The first kappa shape index (κ1) is 9.34. The Morgan fingerprint density at radius 1 is 1.77 bits per heavy atom. The van der Waals surface area contributed by atoms with Gasteiger partial charge in [0, 0.05) is 18.4 Å². The molecule has 2 rings (SSSR count). The lowest BCUT2D eigenvalue weighted by molar-refractivity contribution is 0.489. The van der Waals surface area contributed by atoms with Crippen molar-refractivity contribution in [1.82, 2.24) is 9.55 Å². The van der Waals surface area contributed by atoms with Gasteiger partial charge in [0.2, 0.25) is 0 Å². The molecule has 0 amide bonds. The smallest absolute Gasteiger partial charge is 0.177 e. The molecule has 0 aromatic carbocycles.